The van der Waals surface area contributed by atoms with E-state index in [0.717, 1.165) is 12.8 Å². The van der Waals surface area contributed by atoms with Crippen molar-refractivity contribution in [1.82, 2.24) is 0 Å². The quantitative estimate of drug-likeness (QED) is 0.726. The van der Waals surface area contributed by atoms with E-state index in [0.29, 0.717) is 6.61 Å². The summed E-state index contributed by atoms with van der Waals surface area (Å²) < 4.78 is 11.3. The van der Waals surface area contributed by atoms with E-state index < -0.39 is 5.54 Å². The summed E-state index contributed by atoms with van der Waals surface area (Å²) in [6.07, 6.45) is 2.52. The molecule has 1 fully saturated rings. The zero-order chi connectivity index (χ0) is 11.5. The van der Waals surface area contributed by atoms with Crippen LogP contribution in [0.4, 0.5) is 0 Å². The molecule has 0 aliphatic carbocycles. The van der Waals surface area contributed by atoms with Crippen LogP contribution in [-0.2, 0) is 9.47 Å². The van der Waals surface area contributed by atoms with Crippen LogP contribution in [0.1, 0.15) is 33.6 Å². The lowest BCUT2D eigenvalue weighted by molar-refractivity contribution is -0.110. The first-order valence-corrected chi connectivity index (χ1v) is 5.60. The SMILES string of the molecule is CC1CC(OCC(C)(N)CO)CC(C)O1. The van der Waals surface area contributed by atoms with Crippen molar-refractivity contribution in [3.8, 4) is 0 Å². The minimum atomic E-state index is -0.634. The van der Waals surface area contributed by atoms with Gasteiger partial charge in [0, 0.05) is 0 Å². The van der Waals surface area contributed by atoms with E-state index in [1.165, 1.54) is 0 Å². The van der Waals surface area contributed by atoms with Crippen LogP contribution in [0, 0.1) is 0 Å². The highest BCUT2D eigenvalue weighted by Crippen LogP contribution is 2.22. The van der Waals surface area contributed by atoms with E-state index in [-0.39, 0.29) is 24.9 Å². The molecule has 1 aliphatic rings. The number of nitrogens with two attached hydrogens (primary N) is 1. The summed E-state index contributed by atoms with van der Waals surface area (Å²) in [6.45, 7) is 6.24. The Labute approximate surface area is 91.7 Å². The number of aliphatic hydroxyl groups excluding tert-OH is 1. The highest BCUT2D eigenvalue weighted by atomic mass is 16.5. The predicted molar refractivity (Wildman–Crippen MR) is 58.7 cm³/mol. The van der Waals surface area contributed by atoms with Crippen LogP contribution in [0.15, 0.2) is 0 Å². The van der Waals surface area contributed by atoms with Crippen LogP contribution < -0.4 is 5.73 Å². The molecule has 1 rings (SSSR count). The van der Waals surface area contributed by atoms with E-state index in [1.54, 1.807) is 6.92 Å². The topological polar surface area (TPSA) is 64.7 Å². The molecule has 0 aromatic carbocycles. The smallest absolute Gasteiger partial charge is 0.0669 e. The third-order valence-corrected chi connectivity index (χ3v) is 2.66. The van der Waals surface area contributed by atoms with Crippen LogP contribution in [0.5, 0.6) is 0 Å². The van der Waals surface area contributed by atoms with Crippen LogP contribution >= 0.6 is 0 Å². The normalized spacial score (nSPS) is 36.2. The molecule has 0 radical (unpaired) electrons. The maximum Gasteiger partial charge on any atom is 0.0669 e. The second-order valence-corrected chi connectivity index (χ2v) is 4.97. The first kappa shape index (κ1) is 12.9. The van der Waals surface area contributed by atoms with Crippen molar-refractivity contribution >= 4 is 0 Å². The maximum atomic E-state index is 9.00. The second kappa shape index (κ2) is 5.25. The Kier molecular flexibility index (Phi) is 4.52. The van der Waals surface area contributed by atoms with Gasteiger partial charge in [0.15, 0.2) is 0 Å². The van der Waals surface area contributed by atoms with Crippen molar-refractivity contribution in [1.29, 1.82) is 0 Å². The van der Waals surface area contributed by atoms with Gasteiger partial charge in [0.05, 0.1) is 37.1 Å². The molecule has 0 amide bonds. The van der Waals surface area contributed by atoms with E-state index in [2.05, 4.69) is 13.8 Å². The van der Waals surface area contributed by atoms with E-state index in [4.69, 9.17) is 20.3 Å². The fourth-order valence-corrected chi connectivity index (χ4v) is 1.83. The molecule has 4 heteroatoms. The Morgan fingerprint density at radius 1 is 1.40 bits per heavy atom. The second-order valence-electron chi connectivity index (χ2n) is 4.97. The minimum absolute atomic E-state index is 0.0542. The Bertz CT molecular complexity index is 186. The Hall–Kier alpha value is -0.160. The summed E-state index contributed by atoms with van der Waals surface area (Å²) in [5.74, 6) is 0. The molecule has 1 heterocycles. The van der Waals surface area contributed by atoms with E-state index in [9.17, 15) is 0 Å². The Morgan fingerprint density at radius 2 is 1.93 bits per heavy atom. The van der Waals surface area contributed by atoms with Crippen LogP contribution in [0.2, 0.25) is 0 Å². The monoisotopic (exact) mass is 217 g/mol. The summed E-state index contributed by atoms with van der Waals surface area (Å²) in [6, 6.07) is 0. The molecule has 90 valence electrons. The van der Waals surface area contributed by atoms with Gasteiger partial charge in [0.25, 0.3) is 0 Å². The molecule has 3 N–H and O–H groups in total. The first-order valence-electron chi connectivity index (χ1n) is 5.60. The Morgan fingerprint density at radius 3 is 2.40 bits per heavy atom. The molecular formula is C11H23NO3. The van der Waals surface area contributed by atoms with Crippen molar-refractivity contribution in [2.45, 2.75) is 57.5 Å². The van der Waals surface area contributed by atoms with Gasteiger partial charge in [0.2, 0.25) is 0 Å². The summed E-state index contributed by atoms with van der Waals surface area (Å²) in [7, 11) is 0. The lowest BCUT2D eigenvalue weighted by Crippen LogP contribution is -2.47. The molecule has 0 saturated carbocycles. The molecule has 15 heavy (non-hydrogen) atoms. The molecule has 0 spiro atoms. The van der Waals surface area contributed by atoms with Crippen LogP contribution in [0.3, 0.4) is 0 Å². The average Bonchev–Trinajstić information content (AvgIpc) is 2.14. The molecule has 4 nitrogen and oxygen atoms in total. The van der Waals surface area contributed by atoms with Gasteiger partial charge in [-0.2, -0.15) is 0 Å². The maximum absolute atomic E-state index is 9.00. The van der Waals surface area contributed by atoms with Gasteiger partial charge in [-0.15, -0.1) is 0 Å². The van der Waals surface area contributed by atoms with Crippen molar-refractivity contribution in [3.05, 3.63) is 0 Å². The number of ether oxygens (including phenoxy) is 2. The van der Waals surface area contributed by atoms with Gasteiger partial charge in [-0.25, -0.2) is 0 Å². The molecule has 0 aromatic heterocycles. The van der Waals surface area contributed by atoms with Crippen molar-refractivity contribution in [2.75, 3.05) is 13.2 Å². The molecule has 0 aromatic rings. The fourth-order valence-electron chi connectivity index (χ4n) is 1.83. The van der Waals surface area contributed by atoms with Crippen LogP contribution in [-0.4, -0.2) is 42.2 Å². The lowest BCUT2D eigenvalue weighted by Gasteiger charge is -2.34. The summed E-state index contributed by atoms with van der Waals surface area (Å²) >= 11 is 0. The number of rotatable bonds is 4. The minimum Gasteiger partial charge on any atom is -0.394 e. The van der Waals surface area contributed by atoms with Gasteiger partial charge in [-0.3, -0.25) is 0 Å². The van der Waals surface area contributed by atoms with E-state index >= 15 is 0 Å². The number of hydrogen-bond acceptors (Lipinski definition) is 4. The highest BCUT2D eigenvalue weighted by molar-refractivity contribution is 4.79. The average molecular weight is 217 g/mol. The van der Waals surface area contributed by atoms with Gasteiger partial charge < -0.3 is 20.3 Å². The van der Waals surface area contributed by atoms with Gasteiger partial charge in [0.1, 0.15) is 0 Å². The molecule has 1 saturated heterocycles. The summed E-state index contributed by atoms with van der Waals surface area (Å²) in [5.41, 5.74) is 5.16. The van der Waals surface area contributed by atoms with Gasteiger partial charge in [-0.05, 0) is 33.6 Å². The van der Waals surface area contributed by atoms with Crippen molar-refractivity contribution < 1.29 is 14.6 Å². The fraction of sp³-hybridized carbons (Fsp3) is 1.00. The van der Waals surface area contributed by atoms with Crippen molar-refractivity contribution in [3.63, 3.8) is 0 Å². The number of aliphatic hydroxyl groups is 1. The lowest BCUT2D eigenvalue weighted by atomic mass is 10.0. The molecule has 3 unspecified atom stereocenters. The molecule has 3 atom stereocenters. The zero-order valence-electron chi connectivity index (χ0n) is 9.90. The third kappa shape index (κ3) is 4.47. The largest absolute Gasteiger partial charge is 0.394 e. The number of hydrogen-bond donors (Lipinski definition) is 2. The van der Waals surface area contributed by atoms with Gasteiger partial charge >= 0.3 is 0 Å². The van der Waals surface area contributed by atoms with Crippen molar-refractivity contribution in [2.24, 2.45) is 5.73 Å². The predicted octanol–water partition coefficient (Wildman–Crippen LogP) is 0.669. The zero-order valence-corrected chi connectivity index (χ0v) is 9.90. The summed E-state index contributed by atoms with van der Waals surface area (Å²) in [5, 5.41) is 9.00. The third-order valence-electron chi connectivity index (χ3n) is 2.66. The first-order chi connectivity index (χ1) is 6.93. The highest BCUT2D eigenvalue weighted by Gasteiger charge is 2.27. The summed E-state index contributed by atoms with van der Waals surface area (Å²) in [4.78, 5) is 0. The van der Waals surface area contributed by atoms with E-state index in [1.807, 2.05) is 0 Å². The molecule has 0 bridgehead atoms. The molecular weight excluding hydrogens is 194 g/mol. The van der Waals surface area contributed by atoms with Crippen LogP contribution in [0.25, 0.3) is 0 Å². The Balaban J connectivity index is 2.32. The van der Waals surface area contributed by atoms with Gasteiger partial charge in [-0.1, -0.05) is 0 Å². The molecule has 1 aliphatic heterocycles. The standard InChI is InChI=1S/C11H23NO3/c1-8-4-10(5-9(2)15-8)14-7-11(3,12)6-13/h8-10,13H,4-7,12H2,1-3H3.